The predicted octanol–water partition coefficient (Wildman–Crippen LogP) is 2.00. The number of aromatic hydroxyl groups is 1. The van der Waals surface area contributed by atoms with Crippen molar-refractivity contribution in [2.45, 2.75) is 13.1 Å². The van der Waals surface area contributed by atoms with E-state index in [1.54, 1.807) is 24.5 Å². The largest absolute Gasteiger partial charge is 0.506 e. The molecule has 4 heteroatoms. The Balaban J connectivity index is 1.99. The molecule has 18 heavy (non-hydrogen) atoms. The number of nitrogens with two attached hydrogens (primary N) is 1. The Morgan fingerprint density at radius 3 is 2.44 bits per heavy atom. The van der Waals surface area contributed by atoms with E-state index in [4.69, 9.17) is 5.73 Å². The van der Waals surface area contributed by atoms with Crippen molar-refractivity contribution in [2.75, 3.05) is 12.8 Å². The minimum atomic E-state index is 0.135. The number of phenols is 1. The van der Waals surface area contributed by atoms with Gasteiger partial charge in [0.15, 0.2) is 0 Å². The Morgan fingerprint density at radius 2 is 1.78 bits per heavy atom. The molecule has 4 nitrogen and oxygen atoms in total. The molecule has 1 aromatic carbocycles. The summed E-state index contributed by atoms with van der Waals surface area (Å²) in [7, 11) is 2.05. The highest BCUT2D eigenvalue weighted by Gasteiger charge is 2.04. The van der Waals surface area contributed by atoms with Gasteiger partial charge in [-0.2, -0.15) is 0 Å². The number of phenolic OH excluding ortho intramolecular Hbond substituents is 1. The van der Waals surface area contributed by atoms with Crippen LogP contribution in [0.5, 0.6) is 5.75 Å². The lowest BCUT2D eigenvalue weighted by molar-refractivity contribution is 0.319. The number of nitrogen functional groups attached to an aromatic ring is 1. The maximum atomic E-state index is 9.37. The molecule has 0 spiro atoms. The third-order valence-corrected chi connectivity index (χ3v) is 2.75. The SMILES string of the molecule is CN(Cc1ccncc1)Cc1ccc(O)c(N)c1. The summed E-state index contributed by atoms with van der Waals surface area (Å²) in [5.74, 6) is 0.135. The molecule has 0 amide bonds. The van der Waals surface area contributed by atoms with Gasteiger partial charge in [0.2, 0.25) is 0 Å². The van der Waals surface area contributed by atoms with Crippen molar-refractivity contribution in [1.82, 2.24) is 9.88 Å². The van der Waals surface area contributed by atoms with E-state index < -0.39 is 0 Å². The Morgan fingerprint density at radius 1 is 1.11 bits per heavy atom. The molecule has 0 unspecified atom stereocenters. The van der Waals surface area contributed by atoms with Gasteiger partial charge in [-0.15, -0.1) is 0 Å². The van der Waals surface area contributed by atoms with Crippen LogP contribution in [0.25, 0.3) is 0 Å². The molecule has 0 saturated carbocycles. The molecule has 0 radical (unpaired) electrons. The number of anilines is 1. The smallest absolute Gasteiger partial charge is 0.138 e. The number of benzene rings is 1. The Labute approximate surface area is 107 Å². The molecule has 0 bridgehead atoms. The number of rotatable bonds is 4. The molecule has 0 atom stereocenters. The fraction of sp³-hybridized carbons (Fsp3) is 0.214. The van der Waals surface area contributed by atoms with Gasteiger partial charge < -0.3 is 10.8 Å². The van der Waals surface area contributed by atoms with Crippen molar-refractivity contribution in [3.05, 3.63) is 53.9 Å². The lowest BCUT2D eigenvalue weighted by Crippen LogP contribution is -2.17. The molecule has 3 N–H and O–H groups in total. The standard InChI is InChI=1S/C14H17N3O/c1-17(9-11-4-6-16-7-5-11)10-12-2-3-14(18)13(15)8-12/h2-8,18H,9-10,15H2,1H3. The second-order valence-corrected chi connectivity index (χ2v) is 4.42. The van der Waals surface area contributed by atoms with E-state index in [1.165, 1.54) is 5.56 Å². The molecule has 1 aromatic heterocycles. The van der Waals surface area contributed by atoms with Crippen LogP contribution in [0.15, 0.2) is 42.7 Å². The van der Waals surface area contributed by atoms with Crippen LogP contribution < -0.4 is 5.73 Å². The van der Waals surface area contributed by atoms with Crippen molar-refractivity contribution in [3.8, 4) is 5.75 Å². The zero-order chi connectivity index (χ0) is 13.0. The topological polar surface area (TPSA) is 62.4 Å². The Bertz CT molecular complexity index is 514. The molecule has 1 heterocycles. The quantitative estimate of drug-likeness (QED) is 0.637. The predicted molar refractivity (Wildman–Crippen MR) is 71.9 cm³/mol. The van der Waals surface area contributed by atoms with Crippen molar-refractivity contribution < 1.29 is 5.11 Å². The van der Waals surface area contributed by atoms with Gasteiger partial charge in [0.1, 0.15) is 5.75 Å². The van der Waals surface area contributed by atoms with Crippen LogP contribution in [0.2, 0.25) is 0 Å². The molecule has 94 valence electrons. The van der Waals surface area contributed by atoms with Crippen molar-refractivity contribution in [1.29, 1.82) is 0 Å². The van der Waals surface area contributed by atoms with Gasteiger partial charge >= 0.3 is 0 Å². The number of aromatic nitrogens is 1. The summed E-state index contributed by atoms with van der Waals surface area (Å²) in [4.78, 5) is 6.18. The van der Waals surface area contributed by atoms with E-state index in [9.17, 15) is 5.11 Å². The molecular weight excluding hydrogens is 226 g/mol. The van der Waals surface area contributed by atoms with Crippen molar-refractivity contribution >= 4 is 5.69 Å². The fourth-order valence-electron chi connectivity index (χ4n) is 1.87. The van der Waals surface area contributed by atoms with E-state index in [2.05, 4.69) is 9.88 Å². The summed E-state index contributed by atoms with van der Waals surface area (Å²) in [6.45, 7) is 1.64. The first-order valence-corrected chi connectivity index (χ1v) is 5.80. The van der Waals surface area contributed by atoms with Crippen LogP contribution in [0.3, 0.4) is 0 Å². The van der Waals surface area contributed by atoms with Crippen LogP contribution in [-0.2, 0) is 13.1 Å². The van der Waals surface area contributed by atoms with Gasteiger partial charge in [-0.25, -0.2) is 0 Å². The summed E-state index contributed by atoms with van der Waals surface area (Å²) in [5, 5.41) is 9.37. The van der Waals surface area contributed by atoms with Crippen LogP contribution in [0, 0.1) is 0 Å². The van der Waals surface area contributed by atoms with E-state index in [0.29, 0.717) is 5.69 Å². The summed E-state index contributed by atoms with van der Waals surface area (Å²) in [6.07, 6.45) is 3.59. The molecule has 2 aromatic rings. The summed E-state index contributed by atoms with van der Waals surface area (Å²) in [5.41, 5.74) is 8.40. The first-order chi connectivity index (χ1) is 8.65. The lowest BCUT2D eigenvalue weighted by atomic mass is 10.1. The minimum absolute atomic E-state index is 0.135. The monoisotopic (exact) mass is 243 g/mol. The molecule has 0 saturated heterocycles. The number of pyridine rings is 1. The molecule has 0 aliphatic heterocycles. The Hall–Kier alpha value is -2.07. The van der Waals surface area contributed by atoms with E-state index in [-0.39, 0.29) is 5.75 Å². The summed E-state index contributed by atoms with van der Waals surface area (Å²) >= 11 is 0. The van der Waals surface area contributed by atoms with Crippen LogP contribution in [-0.4, -0.2) is 22.0 Å². The zero-order valence-electron chi connectivity index (χ0n) is 10.4. The van der Waals surface area contributed by atoms with Gasteiger partial charge in [-0.3, -0.25) is 9.88 Å². The van der Waals surface area contributed by atoms with Gasteiger partial charge in [0.05, 0.1) is 5.69 Å². The van der Waals surface area contributed by atoms with Crippen molar-refractivity contribution in [3.63, 3.8) is 0 Å². The highest BCUT2D eigenvalue weighted by Crippen LogP contribution is 2.21. The normalized spacial score (nSPS) is 10.8. The second-order valence-electron chi connectivity index (χ2n) is 4.42. The van der Waals surface area contributed by atoms with Gasteiger partial charge in [-0.1, -0.05) is 6.07 Å². The fourth-order valence-corrected chi connectivity index (χ4v) is 1.87. The third kappa shape index (κ3) is 3.21. The zero-order valence-corrected chi connectivity index (χ0v) is 10.4. The minimum Gasteiger partial charge on any atom is -0.506 e. The molecule has 0 aliphatic rings. The van der Waals surface area contributed by atoms with Crippen LogP contribution in [0.4, 0.5) is 5.69 Å². The number of nitrogens with zero attached hydrogens (tertiary/aromatic N) is 2. The maximum absolute atomic E-state index is 9.37. The highest BCUT2D eigenvalue weighted by molar-refractivity contribution is 5.53. The van der Waals surface area contributed by atoms with Gasteiger partial charge in [0, 0.05) is 25.5 Å². The molecule has 2 rings (SSSR count). The lowest BCUT2D eigenvalue weighted by Gasteiger charge is -2.17. The third-order valence-electron chi connectivity index (χ3n) is 2.75. The first kappa shape index (κ1) is 12.4. The van der Waals surface area contributed by atoms with Crippen molar-refractivity contribution in [2.24, 2.45) is 0 Å². The van der Waals surface area contributed by atoms with Gasteiger partial charge in [-0.05, 0) is 42.4 Å². The second kappa shape index (κ2) is 5.51. The maximum Gasteiger partial charge on any atom is 0.138 e. The first-order valence-electron chi connectivity index (χ1n) is 5.80. The van der Waals surface area contributed by atoms with Crippen LogP contribution >= 0.6 is 0 Å². The van der Waals surface area contributed by atoms with E-state index in [1.807, 2.05) is 25.2 Å². The number of hydrogen-bond acceptors (Lipinski definition) is 4. The van der Waals surface area contributed by atoms with Gasteiger partial charge in [0.25, 0.3) is 0 Å². The van der Waals surface area contributed by atoms with E-state index >= 15 is 0 Å². The van der Waals surface area contributed by atoms with Crippen LogP contribution in [0.1, 0.15) is 11.1 Å². The number of hydrogen-bond donors (Lipinski definition) is 2. The average Bonchev–Trinajstić information content (AvgIpc) is 2.35. The molecular formula is C14H17N3O. The highest BCUT2D eigenvalue weighted by atomic mass is 16.3. The summed E-state index contributed by atoms with van der Waals surface area (Å²) < 4.78 is 0. The average molecular weight is 243 g/mol. The molecule has 0 aliphatic carbocycles. The Kier molecular flexibility index (Phi) is 3.79. The van der Waals surface area contributed by atoms with E-state index in [0.717, 1.165) is 18.7 Å². The summed E-state index contributed by atoms with van der Waals surface area (Å²) in [6, 6.07) is 9.32. The molecule has 0 fully saturated rings.